The Morgan fingerprint density at radius 3 is 2.90 bits per heavy atom. The molecule has 2 aromatic heterocycles. The summed E-state index contributed by atoms with van der Waals surface area (Å²) in [5.41, 5.74) is 6.69. The number of rotatable bonds is 10. The number of methoxy groups -OCH3 is 1. The van der Waals surface area contributed by atoms with Crippen LogP contribution in [0.3, 0.4) is 0 Å². The Bertz CT molecular complexity index is 993. The summed E-state index contributed by atoms with van der Waals surface area (Å²) < 4.78 is 35.0. The lowest BCUT2D eigenvalue weighted by molar-refractivity contribution is -0.0403. The van der Waals surface area contributed by atoms with Crippen LogP contribution in [0.5, 0.6) is 0 Å². The smallest absolute Gasteiger partial charge is 0.390 e. The van der Waals surface area contributed by atoms with Gasteiger partial charge in [-0.25, -0.2) is 9.55 Å². The first-order valence-corrected chi connectivity index (χ1v) is 12.6. The van der Waals surface area contributed by atoms with Gasteiger partial charge in [0.15, 0.2) is 11.5 Å². The van der Waals surface area contributed by atoms with E-state index in [1.165, 1.54) is 18.9 Å². The Morgan fingerprint density at radius 1 is 1.48 bits per heavy atom. The maximum atomic E-state index is 12.2. The van der Waals surface area contributed by atoms with Gasteiger partial charge in [-0.3, -0.25) is 9.05 Å². The highest BCUT2D eigenvalue weighted by Crippen LogP contribution is 2.56. The fourth-order valence-corrected chi connectivity index (χ4v) is 5.58. The van der Waals surface area contributed by atoms with Crippen LogP contribution in [0, 0.1) is 5.92 Å². The number of nitrogens with zero attached hydrogens (tertiary/aromatic N) is 4. The topological polar surface area (TPSA) is 164 Å². The summed E-state index contributed by atoms with van der Waals surface area (Å²) in [6, 6.07) is -0.216. The van der Waals surface area contributed by atoms with Gasteiger partial charge in [-0.05, 0) is 17.9 Å². The van der Waals surface area contributed by atoms with E-state index in [0.717, 1.165) is 0 Å². The number of aliphatic hydroxyl groups is 1. The average Bonchev–Trinajstić information content (AvgIpc) is 3.05. The number of hydrogen-bond acceptors (Lipinski definition) is 11. The number of thioether (sulfide) groups is 1. The van der Waals surface area contributed by atoms with Crippen molar-refractivity contribution in [2.24, 2.45) is 5.92 Å². The minimum Gasteiger partial charge on any atom is -0.390 e. The van der Waals surface area contributed by atoms with Gasteiger partial charge in [0.2, 0.25) is 5.28 Å². The number of fused-ring (bicyclic) bond motifs is 2. The Hall–Kier alpha value is -1.02. The van der Waals surface area contributed by atoms with Crippen molar-refractivity contribution in [2.75, 3.05) is 38.1 Å². The summed E-state index contributed by atoms with van der Waals surface area (Å²) >= 11 is 7.35. The van der Waals surface area contributed by atoms with Gasteiger partial charge in [0.1, 0.15) is 17.7 Å². The third kappa shape index (κ3) is 4.70. The Kier molecular flexibility index (Phi) is 6.78. The molecule has 0 amide bonds. The quantitative estimate of drug-likeness (QED) is 0.315. The minimum atomic E-state index is -4.34. The van der Waals surface area contributed by atoms with E-state index in [1.807, 2.05) is 6.26 Å². The summed E-state index contributed by atoms with van der Waals surface area (Å²) in [5, 5.41) is 10.6. The van der Waals surface area contributed by atoms with Gasteiger partial charge in [-0.15, -0.1) is 0 Å². The van der Waals surface area contributed by atoms with Gasteiger partial charge in [-0.1, -0.05) is 0 Å². The van der Waals surface area contributed by atoms with Crippen molar-refractivity contribution in [1.29, 1.82) is 0 Å². The lowest BCUT2D eigenvalue weighted by Gasteiger charge is -2.23. The zero-order chi connectivity index (χ0) is 22.3. The third-order valence-electron chi connectivity index (χ3n) is 5.21. The van der Waals surface area contributed by atoms with Crippen molar-refractivity contribution >= 4 is 48.2 Å². The Morgan fingerprint density at radius 2 is 2.26 bits per heavy atom. The van der Waals surface area contributed by atoms with Crippen LogP contribution < -0.4 is 5.73 Å². The van der Waals surface area contributed by atoms with E-state index in [1.54, 1.807) is 10.9 Å². The maximum absolute atomic E-state index is 12.2. The molecule has 2 aromatic rings. The van der Waals surface area contributed by atoms with Crippen molar-refractivity contribution < 1.29 is 33.1 Å². The van der Waals surface area contributed by atoms with Crippen LogP contribution in [0.15, 0.2) is 6.33 Å². The van der Waals surface area contributed by atoms with E-state index in [0.29, 0.717) is 16.9 Å². The Balaban J connectivity index is 1.36. The number of aliphatic hydroxyl groups excluding tert-OH is 1. The number of aromatic nitrogens is 4. The summed E-state index contributed by atoms with van der Waals surface area (Å²) in [4.78, 5) is 22.2. The van der Waals surface area contributed by atoms with E-state index in [4.69, 9.17) is 35.9 Å². The number of imidazole rings is 1. The largest absolute Gasteiger partial charge is 0.472 e. The SMILES string of the molecule is COCC(CSC)OP(=O)(O)OC[C@H]1OC2C(C1O)C2n1cnc2c(N)nc(Cl)nc21. The monoisotopic (exact) mass is 495 g/mol. The second-order valence-electron chi connectivity index (χ2n) is 7.30. The molecule has 0 bridgehead atoms. The molecule has 7 atom stereocenters. The number of halogens is 1. The van der Waals surface area contributed by atoms with E-state index < -0.39 is 26.1 Å². The molecule has 31 heavy (non-hydrogen) atoms. The molecule has 1 aliphatic carbocycles. The van der Waals surface area contributed by atoms with Crippen molar-refractivity contribution in [1.82, 2.24) is 19.5 Å². The number of ether oxygens (including phenoxy) is 2. The third-order valence-corrected chi connectivity index (χ3v) is 7.12. The standard InChI is InChI=1S/C16H23ClN5O7PS/c1-26-3-7(5-31-2)29-30(24,25)27-4-8-12(23)9-11(13(9)28-8)22-6-19-10-14(18)20-16(17)21-15(10)22/h6-9,11-13,23H,3-5H2,1-2H3,(H,24,25)(H2,18,20,21)/t7?,8-,9?,11?,12?,13?/m1/s1. The molecular weight excluding hydrogens is 473 g/mol. The van der Waals surface area contributed by atoms with Gasteiger partial charge in [0.25, 0.3) is 0 Å². The molecular formula is C16H23ClN5O7PS. The zero-order valence-corrected chi connectivity index (χ0v) is 19.2. The molecule has 3 heterocycles. The summed E-state index contributed by atoms with van der Waals surface area (Å²) in [7, 11) is -2.87. The lowest BCUT2D eigenvalue weighted by Crippen LogP contribution is -2.32. The highest BCUT2D eigenvalue weighted by molar-refractivity contribution is 7.98. The molecule has 12 nitrogen and oxygen atoms in total. The van der Waals surface area contributed by atoms with Crippen molar-refractivity contribution in [3.63, 3.8) is 0 Å². The molecule has 15 heteroatoms. The molecule has 4 rings (SSSR count). The van der Waals surface area contributed by atoms with E-state index >= 15 is 0 Å². The van der Waals surface area contributed by atoms with Crippen LogP contribution in [0.2, 0.25) is 5.28 Å². The van der Waals surface area contributed by atoms with Crippen molar-refractivity contribution in [2.45, 2.75) is 30.5 Å². The fraction of sp³-hybridized carbons (Fsp3) is 0.688. The molecule has 0 spiro atoms. The molecule has 6 unspecified atom stereocenters. The van der Waals surface area contributed by atoms with Gasteiger partial charge in [0.05, 0.1) is 37.8 Å². The number of nitrogens with two attached hydrogens (primary N) is 1. The second kappa shape index (κ2) is 9.08. The molecule has 2 fully saturated rings. The van der Waals surface area contributed by atoms with Gasteiger partial charge >= 0.3 is 7.82 Å². The summed E-state index contributed by atoms with van der Waals surface area (Å²) in [5.74, 6) is 0.379. The first-order valence-electron chi connectivity index (χ1n) is 9.38. The molecule has 1 saturated carbocycles. The Labute approximate surface area is 187 Å². The second-order valence-corrected chi connectivity index (χ2v) is 9.96. The van der Waals surface area contributed by atoms with E-state index in [2.05, 4.69) is 15.0 Å². The first-order chi connectivity index (χ1) is 14.8. The number of nitrogen functional groups attached to an aromatic ring is 1. The van der Waals surface area contributed by atoms with Crippen LogP contribution in [-0.4, -0.2) is 86.3 Å². The molecule has 0 aromatic carbocycles. The van der Waals surface area contributed by atoms with Crippen LogP contribution in [0.4, 0.5) is 5.82 Å². The predicted octanol–water partition coefficient (Wildman–Crippen LogP) is 0.873. The average molecular weight is 496 g/mol. The van der Waals surface area contributed by atoms with Crippen LogP contribution in [-0.2, 0) is 23.1 Å². The number of phosphoric acid groups is 1. The highest BCUT2D eigenvalue weighted by atomic mass is 35.5. The molecule has 172 valence electrons. The van der Waals surface area contributed by atoms with E-state index in [9.17, 15) is 14.6 Å². The maximum Gasteiger partial charge on any atom is 0.472 e. The van der Waals surface area contributed by atoms with Gasteiger partial charge < -0.3 is 29.8 Å². The lowest BCUT2D eigenvalue weighted by atomic mass is 10.1. The number of phosphoric ester groups is 1. The number of anilines is 1. The molecule has 1 aliphatic heterocycles. The molecule has 0 radical (unpaired) electrons. The minimum absolute atomic E-state index is 0.00255. The summed E-state index contributed by atoms with van der Waals surface area (Å²) in [6.45, 7) is -0.140. The number of hydrogen-bond donors (Lipinski definition) is 3. The predicted molar refractivity (Wildman–Crippen MR) is 113 cm³/mol. The normalized spacial score (nSPS) is 30.3. The molecule has 2 aliphatic rings. The van der Waals surface area contributed by atoms with E-state index in [-0.39, 0.29) is 42.4 Å². The van der Waals surface area contributed by atoms with Crippen molar-refractivity contribution in [3.8, 4) is 0 Å². The van der Waals surface area contributed by atoms with Crippen LogP contribution >= 0.6 is 31.2 Å². The molecule has 1 saturated heterocycles. The van der Waals surface area contributed by atoms with Crippen LogP contribution in [0.25, 0.3) is 11.2 Å². The fourth-order valence-electron chi connectivity index (χ4n) is 3.86. The zero-order valence-electron chi connectivity index (χ0n) is 16.7. The van der Waals surface area contributed by atoms with Gasteiger partial charge in [-0.2, -0.15) is 21.7 Å². The van der Waals surface area contributed by atoms with Gasteiger partial charge in [0, 0.05) is 18.8 Å². The first kappa shape index (κ1) is 23.1. The summed E-state index contributed by atoms with van der Waals surface area (Å²) in [6.07, 6.45) is 0.788. The molecule has 4 N–H and O–H groups in total. The van der Waals surface area contributed by atoms with Crippen LogP contribution in [0.1, 0.15) is 6.04 Å². The highest BCUT2D eigenvalue weighted by Gasteiger charge is 2.65. The van der Waals surface area contributed by atoms with Crippen molar-refractivity contribution in [3.05, 3.63) is 11.6 Å².